The summed E-state index contributed by atoms with van der Waals surface area (Å²) in [5.41, 5.74) is 5.95. The van der Waals surface area contributed by atoms with Crippen molar-refractivity contribution in [2.24, 2.45) is 17.1 Å². The Labute approximate surface area is 131 Å². The van der Waals surface area contributed by atoms with Crippen molar-refractivity contribution in [2.45, 2.75) is 66.0 Å². The molecule has 3 unspecified atom stereocenters. The minimum atomic E-state index is 0.225. The van der Waals surface area contributed by atoms with E-state index >= 15 is 0 Å². The highest BCUT2D eigenvalue weighted by Gasteiger charge is 2.30. The summed E-state index contributed by atoms with van der Waals surface area (Å²) >= 11 is 0. The van der Waals surface area contributed by atoms with Gasteiger partial charge >= 0.3 is 0 Å². The van der Waals surface area contributed by atoms with Crippen molar-refractivity contribution in [3.63, 3.8) is 0 Å². The molecule has 1 aliphatic rings. The largest absolute Gasteiger partial charge is 0.340 e. The van der Waals surface area contributed by atoms with Crippen LogP contribution in [0.2, 0.25) is 0 Å². The molecule has 0 radical (unpaired) electrons. The number of likely N-dealkylation sites (N-methyl/N-ethyl adjacent to an activating group) is 1. The van der Waals surface area contributed by atoms with E-state index < -0.39 is 0 Å². The van der Waals surface area contributed by atoms with Crippen molar-refractivity contribution >= 4 is 5.91 Å². The summed E-state index contributed by atoms with van der Waals surface area (Å²) in [6, 6.07) is 0.889. The molecule has 0 bridgehead atoms. The average Bonchev–Trinajstić information content (AvgIpc) is 2.38. The van der Waals surface area contributed by atoms with Crippen molar-refractivity contribution in [1.82, 2.24) is 9.80 Å². The number of rotatable bonds is 5. The fraction of sp³-hybridized carbons (Fsp3) is 0.941. The number of nitrogens with two attached hydrogens (primary N) is 1. The Balaban J connectivity index is 2.53. The van der Waals surface area contributed by atoms with E-state index in [9.17, 15) is 4.79 Å². The molecule has 21 heavy (non-hydrogen) atoms. The summed E-state index contributed by atoms with van der Waals surface area (Å²) in [6.07, 6.45) is 2.62. The zero-order valence-electron chi connectivity index (χ0n) is 14.9. The number of hydrogen-bond donors (Lipinski definition) is 1. The van der Waals surface area contributed by atoms with Crippen LogP contribution in [0, 0.1) is 11.3 Å². The van der Waals surface area contributed by atoms with Gasteiger partial charge in [0.15, 0.2) is 0 Å². The van der Waals surface area contributed by atoms with Crippen LogP contribution in [-0.2, 0) is 4.79 Å². The first-order valence-corrected chi connectivity index (χ1v) is 8.36. The summed E-state index contributed by atoms with van der Waals surface area (Å²) in [7, 11) is 2.15. The zero-order chi connectivity index (χ0) is 16.2. The second kappa shape index (κ2) is 7.59. The van der Waals surface area contributed by atoms with Gasteiger partial charge in [-0.2, -0.15) is 0 Å². The molecule has 1 fully saturated rings. The Kier molecular flexibility index (Phi) is 6.67. The highest BCUT2D eigenvalue weighted by Crippen LogP contribution is 2.32. The van der Waals surface area contributed by atoms with Crippen molar-refractivity contribution in [2.75, 3.05) is 26.7 Å². The molecule has 2 N–H and O–H groups in total. The van der Waals surface area contributed by atoms with Crippen LogP contribution in [0.5, 0.6) is 0 Å². The Morgan fingerprint density at radius 3 is 2.14 bits per heavy atom. The van der Waals surface area contributed by atoms with E-state index in [1.165, 1.54) is 0 Å². The van der Waals surface area contributed by atoms with Gasteiger partial charge in [-0.3, -0.25) is 9.69 Å². The van der Waals surface area contributed by atoms with E-state index in [1.807, 2.05) is 0 Å². The number of carbonyl (C=O) groups excluding carboxylic acids is 1. The third-order valence-electron chi connectivity index (χ3n) is 5.16. The van der Waals surface area contributed by atoms with Gasteiger partial charge in [0.2, 0.25) is 5.91 Å². The molecule has 0 aromatic heterocycles. The van der Waals surface area contributed by atoms with Crippen molar-refractivity contribution < 1.29 is 4.79 Å². The fourth-order valence-corrected chi connectivity index (χ4v) is 3.28. The monoisotopic (exact) mass is 297 g/mol. The maximum Gasteiger partial charge on any atom is 0.222 e. The molecular formula is C17H35N3O. The van der Waals surface area contributed by atoms with Gasteiger partial charge in [0, 0.05) is 31.6 Å². The Morgan fingerprint density at radius 1 is 1.19 bits per heavy atom. The van der Waals surface area contributed by atoms with E-state index in [-0.39, 0.29) is 5.41 Å². The third-order valence-corrected chi connectivity index (χ3v) is 5.16. The van der Waals surface area contributed by atoms with E-state index in [4.69, 9.17) is 5.73 Å². The summed E-state index contributed by atoms with van der Waals surface area (Å²) in [6.45, 7) is 13.6. The predicted octanol–water partition coefficient (Wildman–Crippen LogP) is 2.33. The topological polar surface area (TPSA) is 49.6 Å². The Hall–Kier alpha value is -0.610. The lowest BCUT2D eigenvalue weighted by atomic mass is 9.76. The van der Waals surface area contributed by atoms with Crippen LogP contribution in [-0.4, -0.2) is 54.5 Å². The van der Waals surface area contributed by atoms with E-state index in [1.54, 1.807) is 0 Å². The second-order valence-electron chi connectivity index (χ2n) is 7.84. The van der Waals surface area contributed by atoms with E-state index in [2.05, 4.69) is 51.5 Å². The van der Waals surface area contributed by atoms with Gasteiger partial charge in [-0.1, -0.05) is 20.8 Å². The predicted molar refractivity (Wildman–Crippen MR) is 89.1 cm³/mol. The van der Waals surface area contributed by atoms with Crippen LogP contribution in [0.4, 0.5) is 0 Å². The molecule has 1 rings (SSSR count). The van der Waals surface area contributed by atoms with Gasteiger partial charge in [-0.05, 0) is 51.6 Å². The lowest BCUT2D eigenvalue weighted by molar-refractivity contribution is -0.135. The fourth-order valence-electron chi connectivity index (χ4n) is 3.28. The molecule has 0 aliphatic carbocycles. The molecule has 1 saturated heterocycles. The van der Waals surface area contributed by atoms with E-state index in [0.29, 0.717) is 36.9 Å². The first kappa shape index (κ1) is 18.4. The molecule has 4 heteroatoms. The van der Waals surface area contributed by atoms with Gasteiger partial charge in [-0.15, -0.1) is 0 Å². The normalized spacial score (nSPS) is 26.0. The zero-order valence-corrected chi connectivity index (χ0v) is 14.9. The molecule has 0 spiro atoms. The van der Waals surface area contributed by atoms with E-state index in [0.717, 1.165) is 25.9 Å². The summed E-state index contributed by atoms with van der Waals surface area (Å²) in [5, 5.41) is 0. The molecule has 4 nitrogen and oxygen atoms in total. The van der Waals surface area contributed by atoms with Crippen LogP contribution in [0.15, 0.2) is 0 Å². The number of piperazine rings is 1. The smallest absolute Gasteiger partial charge is 0.222 e. The number of nitrogens with zero attached hydrogens (tertiary/aromatic N) is 2. The van der Waals surface area contributed by atoms with Gasteiger partial charge in [-0.25, -0.2) is 0 Å². The molecule has 0 saturated carbocycles. The SMILES string of the molecule is CC1CN(C(=O)CCC(CCN)C(C)(C)C)CC(C)N1C. The summed E-state index contributed by atoms with van der Waals surface area (Å²) < 4.78 is 0. The van der Waals surface area contributed by atoms with Crippen LogP contribution in [0.1, 0.15) is 53.9 Å². The Bertz CT molecular complexity index is 325. The maximum atomic E-state index is 12.5. The summed E-state index contributed by atoms with van der Waals surface area (Å²) in [4.78, 5) is 16.9. The number of amides is 1. The lowest BCUT2D eigenvalue weighted by Gasteiger charge is -2.42. The second-order valence-corrected chi connectivity index (χ2v) is 7.84. The van der Waals surface area contributed by atoms with Gasteiger partial charge in [0.1, 0.15) is 0 Å². The average molecular weight is 297 g/mol. The van der Waals surface area contributed by atoms with Crippen LogP contribution < -0.4 is 5.73 Å². The van der Waals surface area contributed by atoms with Crippen LogP contribution in [0.3, 0.4) is 0 Å². The van der Waals surface area contributed by atoms with Gasteiger partial charge in [0.05, 0.1) is 0 Å². The quantitative estimate of drug-likeness (QED) is 0.847. The van der Waals surface area contributed by atoms with Gasteiger partial charge < -0.3 is 10.6 Å². The summed E-state index contributed by atoms with van der Waals surface area (Å²) in [5.74, 6) is 0.835. The molecule has 3 atom stereocenters. The third kappa shape index (κ3) is 5.26. The Morgan fingerprint density at radius 2 is 1.71 bits per heavy atom. The first-order valence-electron chi connectivity index (χ1n) is 8.36. The van der Waals surface area contributed by atoms with Crippen molar-refractivity contribution in [3.05, 3.63) is 0 Å². The van der Waals surface area contributed by atoms with Crippen molar-refractivity contribution in [3.8, 4) is 0 Å². The molecule has 1 aliphatic heterocycles. The van der Waals surface area contributed by atoms with Gasteiger partial charge in [0.25, 0.3) is 0 Å². The van der Waals surface area contributed by atoms with Crippen LogP contribution in [0.25, 0.3) is 0 Å². The van der Waals surface area contributed by atoms with Crippen molar-refractivity contribution in [1.29, 1.82) is 0 Å². The highest BCUT2D eigenvalue weighted by molar-refractivity contribution is 5.76. The molecule has 1 heterocycles. The number of carbonyl (C=O) groups is 1. The minimum absolute atomic E-state index is 0.225. The molecular weight excluding hydrogens is 262 g/mol. The maximum absolute atomic E-state index is 12.5. The first-order chi connectivity index (χ1) is 9.66. The van der Waals surface area contributed by atoms with Crippen LogP contribution >= 0.6 is 0 Å². The number of hydrogen-bond acceptors (Lipinski definition) is 3. The molecule has 124 valence electrons. The molecule has 0 aromatic carbocycles. The highest BCUT2D eigenvalue weighted by atomic mass is 16.2. The lowest BCUT2D eigenvalue weighted by Crippen LogP contribution is -2.56. The molecule has 1 amide bonds. The molecule has 0 aromatic rings. The minimum Gasteiger partial charge on any atom is -0.340 e. The standard InChI is InChI=1S/C17H35N3O/c1-13-11-20(12-14(2)19(13)6)16(21)8-7-15(9-10-18)17(3,4)5/h13-15H,7-12,18H2,1-6H3.